The Morgan fingerprint density at radius 1 is 1.17 bits per heavy atom. The highest BCUT2D eigenvalue weighted by molar-refractivity contribution is 5.89. The third-order valence-electron chi connectivity index (χ3n) is 3.35. The summed E-state index contributed by atoms with van der Waals surface area (Å²) in [5.74, 6) is 0. The highest BCUT2D eigenvalue weighted by atomic mass is 16.2. The van der Waals surface area contributed by atoms with Gasteiger partial charge < -0.3 is 10.6 Å². The van der Waals surface area contributed by atoms with Crippen LogP contribution >= 0.6 is 0 Å². The molecule has 0 fully saturated rings. The lowest BCUT2D eigenvalue weighted by Gasteiger charge is -2.10. The minimum Gasteiger partial charge on any atom is -0.334 e. The van der Waals surface area contributed by atoms with Gasteiger partial charge in [0.25, 0.3) is 0 Å². The van der Waals surface area contributed by atoms with E-state index in [4.69, 9.17) is 0 Å². The molecule has 0 unspecified atom stereocenters. The first kappa shape index (κ1) is 14.7. The number of tetrazole rings is 1. The largest absolute Gasteiger partial charge is 0.334 e. The number of hydrogen-bond donors (Lipinski definition) is 2. The average Bonchev–Trinajstić information content (AvgIpc) is 3.08. The van der Waals surface area contributed by atoms with Crippen LogP contribution in [0.1, 0.15) is 11.1 Å². The number of amides is 2. The Bertz CT molecular complexity index is 786. The van der Waals surface area contributed by atoms with E-state index in [1.165, 1.54) is 6.33 Å². The molecule has 1 aromatic heterocycles. The second-order valence-corrected chi connectivity index (χ2v) is 5.05. The molecule has 0 radical (unpaired) electrons. The second-order valence-electron chi connectivity index (χ2n) is 5.05. The zero-order chi connectivity index (χ0) is 16.1. The van der Waals surface area contributed by atoms with Crippen molar-refractivity contribution in [3.8, 4) is 5.69 Å². The molecular weight excluding hydrogens is 292 g/mol. The monoisotopic (exact) mass is 308 g/mol. The van der Waals surface area contributed by atoms with E-state index >= 15 is 0 Å². The number of aryl methyl sites for hydroxylation is 1. The van der Waals surface area contributed by atoms with Crippen molar-refractivity contribution in [2.45, 2.75) is 13.5 Å². The van der Waals surface area contributed by atoms with Crippen LogP contribution in [0.15, 0.2) is 54.9 Å². The minimum atomic E-state index is -0.247. The Morgan fingerprint density at radius 2 is 2.00 bits per heavy atom. The maximum absolute atomic E-state index is 12.0. The van der Waals surface area contributed by atoms with Crippen molar-refractivity contribution in [1.82, 2.24) is 25.5 Å². The number of nitrogens with one attached hydrogen (secondary N) is 2. The van der Waals surface area contributed by atoms with Crippen LogP contribution in [0.2, 0.25) is 0 Å². The van der Waals surface area contributed by atoms with E-state index in [0.29, 0.717) is 12.2 Å². The van der Waals surface area contributed by atoms with Gasteiger partial charge in [0.15, 0.2) is 0 Å². The molecule has 0 spiro atoms. The van der Waals surface area contributed by atoms with Crippen LogP contribution in [0, 0.1) is 6.92 Å². The summed E-state index contributed by atoms with van der Waals surface area (Å²) in [6, 6.07) is 15.0. The summed E-state index contributed by atoms with van der Waals surface area (Å²) in [6.07, 6.45) is 1.53. The number of urea groups is 1. The minimum absolute atomic E-state index is 0.247. The van der Waals surface area contributed by atoms with Crippen LogP contribution in [-0.2, 0) is 6.54 Å². The number of hydrogen-bond acceptors (Lipinski definition) is 4. The molecule has 0 saturated heterocycles. The van der Waals surface area contributed by atoms with Crippen molar-refractivity contribution in [3.05, 3.63) is 66.0 Å². The summed E-state index contributed by atoms with van der Waals surface area (Å²) in [5, 5.41) is 16.7. The number of nitrogens with zero attached hydrogens (tertiary/aromatic N) is 4. The molecule has 3 aromatic rings. The molecule has 7 heteroatoms. The normalized spacial score (nSPS) is 10.3. The van der Waals surface area contributed by atoms with Gasteiger partial charge in [-0.2, -0.15) is 0 Å². The van der Waals surface area contributed by atoms with Crippen LogP contribution in [0.5, 0.6) is 0 Å². The van der Waals surface area contributed by atoms with Gasteiger partial charge in [0.1, 0.15) is 6.33 Å². The first-order valence-corrected chi connectivity index (χ1v) is 7.15. The molecule has 116 valence electrons. The Morgan fingerprint density at radius 3 is 2.70 bits per heavy atom. The molecule has 2 N–H and O–H groups in total. The Hall–Kier alpha value is -3.22. The third-order valence-corrected chi connectivity index (χ3v) is 3.35. The summed E-state index contributed by atoms with van der Waals surface area (Å²) in [5.41, 5.74) is 3.58. The second kappa shape index (κ2) is 6.69. The predicted octanol–water partition coefficient (Wildman–Crippen LogP) is 2.29. The summed E-state index contributed by atoms with van der Waals surface area (Å²) in [4.78, 5) is 12.0. The zero-order valence-corrected chi connectivity index (χ0v) is 12.6. The van der Waals surface area contributed by atoms with Gasteiger partial charge in [-0.05, 0) is 46.7 Å². The van der Waals surface area contributed by atoms with Crippen molar-refractivity contribution >= 4 is 11.7 Å². The molecule has 7 nitrogen and oxygen atoms in total. The standard InChI is InChI=1S/C16H16N6O/c1-12-9-14(7-8-15(12)22-11-18-20-21-22)19-16(23)17-10-13-5-3-2-4-6-13/h2-9,11H,10H2,1H3,(H2,17,19,23). The maximum Gasteiger partial charge on any atom is 0.319 e. The number of carbonyl (C=O) groups excluding carboxylic acids is 1. The van der Waals surface area contributed by atoms with Crippen LogP contribution in [0.25, 0.3) is 5.69 Å². The fourth-order valence-electron chi connectivity index (χ4n) is 2.22. The van der Waals surface area contributed by atoms with Crippen LogP contribution in [-0.4, -0.2) is 26.2 Å². The van der Waals surface area contributed by atoms with Crippen molar-refractivity contribution in [1.29, 1.82) is 0 Å². The van der Waals surface area contributed by atoms with Gasteiger partial charge in [0.2, 0.25) is 0 Å². The average molecular weight is 308 g/mol. The van der Waals surface area contributed by atoms with Gasteiger partial charge in [0.05, 0.1) is 5.69 Å². The first-order valence-electron chi connectivity index (χ1n) is 7.15. The van der Waals surface area contributed by atoms with E-state index in [2.05, 4.69) is 26.2 Å². The molecule has 2 amide bonds. The van der Waals surface area contributed by atoms with Crippen molar-refractivity contribution in [3.63, 3.8) is 0 Å². The number of carbonyl (C=O) groups is 1. The summed E-state index contributed by atoms with van der Waals surface area (Å²) >= 11 is 0. The van der Waals surface area contributed by atoms with Gasteiger partial charge in [-0.25, -0.2) is 9.48 Å². The summed E-state index contributed by atoms with van der Waals surface area (Å²) < 4.78 is 1.58. The molecule has 0 aliphatic rings. The summed E-state index contributed by atoms with van der Waals surface area (Å²) in [6.45, 7) is 2.42. The zero-order valence-electron chi connectivity index (χ0n) is 12.6. The maximum atomic E-state index is 12.0. The first-order chi connectivity index (χ1) is 11.2. The molecule has 3 rings (SSSR count). The topological polar surface area (TPSA) is 84.7 Å². The lowest BCUT2D eigenvalue weighted by molar-refractivity contribution is 0.251. The number of rotatable bonds is 4. The predicted molar refractivity (Wildman–Crippen MR) is 86.2 cm³/mol. The third kappa shape index (κ3) is 3.70. The molecule has 0 aliphatic carbocycles. The molecule has 0 atom stereocenters. The van der Waals surface area contributed by atoms with Gasteiger partial charge in [-0.1, -0.05) is 30.3 Å². The fraction of sp³-hybridized carbons (Fsp3) is 0.125. The molecule has 2 aromatic carbocycles. The molecule has 0 aliphatic heterocycles. The molecule has 23 heavy (non-hydrogen) atoms. The lowest BCUT2D eigenvalue weighted by atomic mass is 10.2. The van der Waals surface area contributed by atoms with E-state index in [1.807, 2.05) is 55.5 Å². The quantitative estimate of drug-likeness (QED) is 0.774. The van der Waals surface area contributed by atoms with Gasteiger partial charge >= 0.3 is 6.03 Å². The van der Waals surface area contributed by atoms with Crippen LogP contribution in [0.4, 0.5) is 10.5 Å². The van der Waals surface area contributed by atoms with Crippen LogP contribution < -0.4 is 10.6 Å². The van der Waals surface area contributed by atoms with E-state index in [0.717, 1.165) is 16.8 Å². The van der Waals surface area contributed by atoms with Crippen LogP contribution in [0.3, 0.4) is 0 Å². The van der Waals surface area contributed by atoms with E-state index < -0.39 is 0 Å². The van der Waals surface area contributed by atoms with Gasteiger partial charge in [0, 0.05) is 12.2 Å². The molecular formula is C16H16N6O. The highest BCUT2D eigenvalue weighted by Gasteiger charge is 2.06. The fourth-order valence-corrected chi connectivity index (χ4v) is 2.22. The van der Waals surface area contributed by atoms with Gasteiger partial charge in [-0.3, -0.25) is 0 Å². The molecule has 0 saturated carbocycles. The number of anilines is 1. The van der Waals surface area contributed by atoms with E-state index in [-0.39, 0.29) is 6.03 Å². The van der Waals surface area contributed by atoms with Crippen molar-refractivity contribution < 1.29 is 4.79 Å². The Kier molecular flexibility index (Phi) is 4.28. The smallest absolute Gasteiger partial charge is 0.319 e. The van der Waals surface area contributed by atoms with Crippen molar-refractivity contribution in [2.24, 2.45) is 0 Å². The van der Waals surface area contributed by atoms with E-state index in [9.17, 15) is 4.79 Å². The SMILES string of the molecule is Cc1cc(NC(=O)NCc2ccccc2)ccc1-n1cnnn1. The van der Waals surface area contributed by atoms with Crippen molar-refractivity contribution in [2.75, 3.05) is 5.32 Å². The Labute approximate surface area is 133 Å². The Balaban J connectivity index is 1.62. The number of benzene rings is 2. The van der Waals surface area contributed by atoms with Gasteiger partial charge in [-0.15, -0.1) is 5.10 Å². The highest BCUT2D eigenvalue weighted by Crippen LogP contribution is 2.17. The number of aromatic nitrogens is 4. The summed E-state index contributed by atoms with van der Waals surface area (Å²) in [7, 11) is 0. The lowest BCUT2D eigenvalue weighted by Crippen LogP contribution is -2.28. The molecule has 1 heterocycles. The van der Waals surface area contributed by atoms with E-state index in [1.54, 1.807) is 4.68 Å². The molecule has 0 bridgehead atoms.